The van der Waals surface area contributed by atoms with Crippen molar-refractivity contribution in [2.75, 3.05) is 27.2 Å². The van der Waals surface area contributed by atoms with Crippen LogP contribution in [0.3, 0.4) is 0 Å². The third-order valence-corrected chi connectivity index (χ3v) is 10.0. The van der Waals surface area contributed by atoms with Crippen molar-refractivity contribution < 1.29 is 23.2 Å². The summed E-state index contributed by atoms with van der Waals surface area (Å²) in [6.07, 6.45) is 1.28. The van der Waals surface area contributed by atoms with Gasteiger partial charge in [-0.3, -0.25) is 19.8 Å². The summed E-state index contributed by atoms with van der Waals surface area (Å²) in [5.74, 6) is -4.41. The molecule has 0 spiro atoms. The van der Waals surface area contributed by atoms with E-state index in [4.69, 9.17) is 11.1 Å². The largest absolute Gasteiger partial charge is 0.384 e. The van der Waals surface area contributed by atoms with Crippen LogP contribution in [-0.4, -0.2) is 72.6 Å². The number of halogens is 2. The SMILES string of the molecule is C[C@@H](NC(=O)[C@@H]1C[C@]2(CN(C)C)C[C@@H]2N1C(=O)CNC(=O)c1ccc2c(c1)-c1ccccc1C2(F)F)c1cc(C(=N)N)cs1. The summed E-state index contributed by atoms with van der Waals surface area (Å²) in [7, 11) is 3.92. The van der Waals surface area contributed by atoms with Gasteiger partial charge in [0.2, 0.25) is 11.8 Å². The van der Waals surface area contributed by atoms with Crippen LogP contribution >= 0.6 is 11.3 Å². The summed E-state index contributed by atoms with van der Waals surface area (Å²) in [4.78, 5) is 44.8. The van der Waals surface area contributed by atoms with Crippen LogP contribution in [0.25, 0.3) is 11.1 Å². The second kappa shape index (κ2) is 10.8. The number of likely N-dealkylation sites (tertiary alicyclic amines) is 1. The summed E-state index contributed by atoms with van der Waals surface area (Å²) in [6.45, 7) is 2.24. The molecule has 3 aromatic rings. The summed E-state index contributed by atoms with van der Waals surface area (Å²) in [5, 5.41) is 15.1. The second-order valence-electron chi connectivity index (χ2n) is 12.3. The molecular weight excluding hydrogens is 586 g/mol. The molecule has 1 aromatic heterocycles. The number of thiophene rings is 1. The second-order valence-corrected chi connectivity index (χ2v) is 13.2. The van der Waals surface area contributed by atoms with Crippen LogP contribution in [0.5, 0.6) is 0 Å². The lowest BCUT2D eigenvalue weighted by molar-refractivity contribution is -0.139. The number of piperidine rings is 1. The summed E-state index contributed by atoms with van der Waals surface area (Å²) in [6, 6.07) is 10.9. The molecule has 230 valence electrons. The first kappa shape index (κ1) is 29.9. The van der Waals surface area contributed by atoms with Crippen molar-refractivity contribution in [1.82, 2.24) is 20.4 Å². The highest BCUT2D eigenvalue weighted by Crippen LogP contribution is 2.60. The average molecular weight is 621 g/mol. The number of nitrogens with one attached hydrogen (secondary N) is 3. The topological polar surface area (TPSA) is 132 Å². The lowest BCUT2D eigenvalue weighted by Crippen LogP contribution is -2.51. The number of fused-ring (bicyclic) bond motifs is 4. The molecule has 3 amide bonds. The Labute approximate surface area is 257 Å². The number of rotatable bonds is 9. The van der Waals surface area contributed by atoms with E-state index >= 15 is 0 Å². The van der Waals surface area contributed by atoms with Crippen molar-refractivity contribution in [1.29, 1.82) is 5.41 Å². The maximum absolute atomic E-state index is 15.0. The fourth-order valence-corrected chi connectivity index (χ4v) is 7.76. The number of hydrogen-bond acceptors (Lipinski definition) is 6. The maximum atomic E-state index is 15.0. The minimum Gasteiger partial charge on any atom is -0.384 e. The first-order valence-electron chi connectivity index (χ1n) is 14.4. The van der Waals surface area contributed by atoms with Crippen molar-refractivity contribution in [2.45, 2.75) is 43.8 Å². The molecule has 9 nitrogen and oxygen atoms in total. The third kappa shape index (κ3) is 5.05. The fourth-order valence-electron chi connectivity index (χ4n) is 6.84. The first-order chi connectivity index (χ1) is 20.8. The number of nitrogen functional groups attached to an aromatic ring is 1. The van der Waals surface area contributed by atoms with Gasteiger partial charge in [0.15, 0.2) is 0 Å². The Morgan fingerprint density at radius 1 is 1.09 bits per heavy atom. The number of carbonyl (C=O) groups is 3. The van der Waals surface area contributed by atoms with Gasteiger partial charge in [-0.2, -0.15) is 8.78 Å². The van der Waals surface area contributed by atoms with Gasteiger partial charge in [0.25, 0.3) is 11.8 Å². The third-order valence-electron chi connectivity index (χ3n) is 8.93. The molecule has 0 radical (unpaired) electrons. The lowest BCUT2D eigenvalue weighted by atomic mass is 9.98. The molecule has 0 bridgehead atoms. The van der Waals surface area contributed by atoms with Crippen molar-refractivity contribution >= 4 is 34.9 Å². The van der Waals surface area contributed by atoms with Gasteiger partial charge in [0.1, 0.15) is 11.9 Å². The van der Waals surface area contributed by atoms with Gasteiger partial charge < -0.3 is 26.2 Å². The Bertz CT molecular complexity index is 1690. The molecule has 1 aliphatic heterocycles. The molecule has 44 heavy (non-hydrogen) atoms. The van der Waals surface area contributed by atoms with E-state index in [2.05, 4.69) is 15.5 Å². The Kier molecular flexibility index (Phi) is 7.32. The normalized spacial score (nSPS) is 23.0. The number of nitrogens with two attached hydrogens (primary N) is 1. The predicted octanol–water partition coefficient (Wildman–Crippen LogP) is 3.68. The zero-order valence-electron chi connectivity index (χ0n) is 24.6. The minimum absolute atomic E-state index is 0.0472. The molecule has 1 saturated carbocycles. The average Bonchev–Trinajstić information content (AvgIpc) is 3.29. The Hall–Kier alpha value is -4.16. The van der Waals surface area contributed by atoms with Gasteiger partial charge in [-0.15, -0.1) is 11.3 Å². The van der Waals surface area contributed by atoms with Crippen molar-refractivity contribution in [3.05, 3.63) is 81.0 Å². The first-order valence-corrected chi connectivity index (χ1v) is 15.3. The van der Waals surface area contributed by atoms with Crippen LogP contribution in [-0.2, 0) is 15.5 Å². The standard InChI is InChI=1S/C32H34F2N6O3S/c1-17(25-11-19(15-44-25)28(35)36)38-30(43)24-12-31(16-39(2)3)13-26(31)40(24)27(41)14-37-29(42)18-8-9-23-21(10-18)20-6-4-5-7-22(20)32(23,33)34/h4-11,15,17,24,26H,12-14,16H2,1-3H3,(H3,35,36)(H,37,42)(H,38,43)/t17-,24+,26+,31-/m1/s1. The van der Waals surface area contributed by atoms with Gasteiger partial charge >= 0.3 is 0 Å². The summed E-state index contributed by atoms with van der Waals surface area (Å²) < 4.78 is 29.9. The van der Waals surface area contributed by atoms with E-state index in [9.17, 15) is 23.2 Å². The molecule has 4 atom stereocenters. The van der Waals surface area contributed by atoms with E-state index in [0.717, 1.165) is 17.8 Å². The monoisotopic (exact) mass is 620 g/mol. The Morgan fingerprint density at radius 3 is 2.52 bits per heavy atom. The number of hydrogen-bond donors (Lipinski definition) is 4. The lowest BCUT2D eigenvalue weighted by Gasteiger charge is -2.28. The smallest absolute Gasteiger partial charge is 0.299 e. The van der Waals surface area contributed by atoms with Crippen molar-refractivity contribution in [3.8, 4) is 11.1 Å². The highest BCUT2D eigenvalue weighted by atomic mass is 32.1. The molecule has 5 N–H and O–H groups in total. The number of amides is 3. The van der Waals surface area contributed by atoms with Crippen LogP contribution in [0, 0.1) is 10.8 Å². The van der Waals surface area contributed by atoms with E-state index < -0.39 is 17.9 Å². The summed E-state index contributed by atoms with van der Waals surface area (Å²) >= 11 is 1.40. The van der Waals surface area contributed by atoms with E-state index in [-0.39, 0.29) is 58.4 Å². The van der Waals surface area contributed by atoms with Gasteiger partial charge in [-0.05, 0) is 63.2 Å². The summed E-state index contributed by atoms with van der Waals surface area (Å²) in [5.41, 5.74) is 6.57. The molecule has 1 saturated heterocycles. The van der Waals surface area contributed by atoms with Crippen LogP contribution in [0.2, 0.25) is 0 Å². The molecule has 0 unspecified atom stereocenters. The molecule has 3 aliphatic rings. The number of nitrogens with zero attached hydrogens (tertiary/aromatic N) is 2. The van der Waals surface area contributed by atoms with Crippen molar-refractivity contribution in [2.24, 2.45) is 11.1 Å². The zero-order valence-corrected chi connectivity index (χ0v) is 25.4. The number of amidine groups is 1. The van der Waals surface area contributed by atoms with Crippen LogP contribution in [0.4, 0.5) is 8.78 Å². The van der Waals surface area contributed by atoms with Gasteiger partial charge in [0, 0.05) is 50.5 Å². The quantitative estimate of drug-likeness (QED) is 0.214. The van der Waals surface area contributed by atoms with Gasteiger partial charge in [-0.25, -0.2) is 0 Å². The molecule has 2 heterocycles. The Balaban J connectivity index is 1.16. The minimum atomic E-state index is -3.15. The Morgan fingerprint density at radius 2 is 1.82 bits per heavy atom. The fraction of sp³-hybridized carbons (Fsp3) is 0.375. The zero-order chi connectivity index (χ0) is 31.6. The van der Waals surface area contributed by atoms with E-state index in [1.54, 1.807) is 34.5 Å². The molecule has 12 heteroatoms. The molecule has 6 rings (SSSR count). The predicted molar refractivity (Wildman–Crippen MR) is 164 cm³/mol. The van der Waals surface area contributed by atoms with Gasteiger partial charge in [-0.1, -0.05) is 30.3 Å². The molecule has 2 fully saturated rings. The molecule has 2 aliphatic carbocycles. The van der Waals surface area contributed by atoms with E-state index in [0.29, 0.717) is 23.1 Å². The number of alkyl halides is 2. The van der Waals surface area contributed by atoms with Crippen LogP contribution < -0.4 is 16.4 Å². The highest BCUT2D eigenvalue weighted by molar-refractivity contribution is 7.10. The van der Waals surface area contributed by atoms with E-state index in [1.807, 2.05) is 21.0 Å². The number of carbonyl (C=O) groups excluding carboxylic acids is 3. The molecular formula is C32H34F2N6O3S. The van der Waals surface area contributed by atoms with Gasteiger partial charge in [0.05, 0.1) is 12.6 Å². The van der Waals surface area contributed by atoms with Crippen molar-refractivity contribution in [3.63, 3.8) is 0 Å². The van der Waals surface area contributed by atoms with Crippen LogP contribution in [0.15, 0.2) is 53.9 Å². The van der Waals surface area contributed by atoms with E-state index in [1.165, 1.54) is 35.6 Å². The maximum Gasteiger partial charge on any atom is 0.299 e. The highest BCUT2D eigenvalue weighted by Gasteiger charge is 2.67. The molecule has 2 aromatic carbocycles. The van der Waals surface area contributed by atoms with Crippen LogP contribution in [0.1, 0.15) is 57.7 Å². The number of benzene rings is 2.